The van der Waals surface area contributed by atoms with Crippen LogP contribution in [0.5, 0.6) is 5.75 Å². The third kappa shape index (κ3) is 3.27. The molecule has 4 rings (SSSR count). The van der Waals surface area contributed by atoms with E-state index in [1.165, 1.54) is 37.9 Å². The lowest BCUT2D eigenvalue weighted by Crippen LogP contribution is -2.47. The van der Waals surface area contributed by atoms with E-state index < -0.39 is 0 Å². The molecule has 1 fully saturated rings. The van der Waals surface area contributed by atoms with Crippen LogP contribution in [-0.2, 0) is 12.8 Å². The summed E-state index contributed by atoms with van der Waals surface area (Å²) in [6.07, 6.45) is 4.96. The van der Waals surface area contributed by atoms with Crippen LogP contribution in [0, 0.1) is 0 Å². The van der Waals surface area contributed by atoms with E-state index in [-0.39, 0.29) is 0 Å². The van der Waals surface area contributed by atoms with Crippen molar-refractivity contribution in [2.75, 3.05) is 25.5 Å². The van der Waals surface area contributed by atoms with Crippen LogP contribution in [0.3, 0.4) is 0 Å². The molecule has 2 aromatic carbocycles. The first kappa shape index (κ1) is 15.5. The summed E-state index contributed by atoms with van der Waals surface area (Å²) in [5.74, 6) is 0.912. The molecule has 1 aliphatic heterocycles. The van der Waals surface area contributed by atoms with Gasteiger partial charge in [0.15, 0.2) is 0 Å². The molecule has 0 spiro atoms. The number of hydrogen-bond acceptors (Lipinski definition) is 3. The van der Waals surface area contributed by atoms with Crippen molar-refractivity contribution in [1.29, 1.82) is 0 Å². The fourth-order valence-electron chi connectivity index (χ4n) is 4.17. The predicted octanol–water partition coefficient (Wildman–Crippen LogP) is 3.74. The van der Waals surface area contributed by atoms with Gasteiger partial charge in [0.2, 0.25) is 0 Å². The summed E-state index contributed by atoms with van der Waals surface area (Å²) in [4.78, 5) is 2.70. The zero-order chi connectivity index (χ0) is 16.4. The van der Waals surface area contributed by atoms with Gasteiger partial charge in [-0.15, -0.1) is 0 Å². The lowest BCUT2D eigenvalue weighted by Gasteiger charge is -2.37. The minimum Gasteiger partial charge on any atom is -0.497 e. The van der Waals surface area contributed by atoms with E-state index in [0.717, 1.165) is 12.3 Å². The topological polar surface area (TPSA) is 24.5 Å². The van der Waals surface area contributed by atoms with Gasteiger partial charge in [-0.3, -0.25) is 4.90 Å². The first-order valence-corrected chi connectivity index (χ1v) is 9.03. The molecule has 0 bridgehead atoms. The molecule has 3 heteroatoms. The van der Waals surface area contributed by atoms with Crippen molar-refractivity contribution >= 4 is 5.69 Å². The van der Waals surface area contributed by atoms with E-state index in [2.05, 4.69) is 46.6 Å². The lowest BCUT2D eigenvalue weighted by molar-refractivity contribution is 0.159. The Morgan fingerprint density at radius 2 is 1.71 bits per heavy atom. The highest BCUT2D eigenvalue weighted by Crippen LogP contribution is 2.28. The standard InChI is InChI=1S/C21H26N2O/c1-24-21-10-8-18(9-11-21)22-19-7-4-12-23(15-19)20-13-16-5-2-3-6-17(16)14-20/h2-3,5-6,8-11,19-20,22H,4,7,12-15H2,1H3/t19-/m0/s1. The number of methoxy groups -OCH3 is 1. The van der Waals surface area contributed by atoms with Crippen molar-refractivity contribution in [3.8, 4) is 5.75 Å². The second kappa shape index (κ2) is 6.86. The van der Waals surface area contributed by atoms with E-state index in [0.29, 0.717) is 12.1 Å². The minimum atomic E-state index is 0.538. The van der Waals surface area contributed by atoms with Crippen LogP contribution >= 0.6 is 0 Å². The molecule has 2 aromatic rings. The van der Waals surface area contributed by atoms with Crippen LogP contribution in [0.1, 0.15) is 24.0 Å². The van der Waals surface area contributed by atoms with Crippen molar-refractivity contribution in [1.82, 2.24) is 4.90 Å². The van der Waals surface area contributed by atoms with Gasteiger partial charge in [0.05, 0.1) is 7.11 Å². The second-order valence-electron chi connectivity index (χ2n) is 7.04. The molecule has 126 valence electrons. The van der Waals surface area contributed by atoms with E-state index in [1.54, 1.807) is 18.2 Å². The van der Waals surface area contributed by atoms with Gasteiger partial charge in [-0.25, -0.2) is 0 Å². The monoisotopic (exact) mass is 322 g/mol. The Kier molecular flexibility index (Phi) is 4.44. The number of likely N-dealkylation sites (tertiary alicyclic amines) is 1. The zero-order valence-corrected chi connectivity index (χ0v) is 14.4. The Bertz CT molecular complexity index is 657. The normalized spacial score (nSPS) is 21.5. The summed E-state index contributed by atoms with van der Waals surface area (Å²) in [5, 5.41) is 3.71. The maximum absolute atomic E-state index is 5.24. The van der Waals surface area contributed by atoms with Crippen molar-refractivity contribution in [3.05, 3.63) is 59.7 Å². The maximum atomic E-state index is 5.24. The fraction of sp³-hybridized carbons (Fsp3) is 0.429. The predicted molar refractivity (Wildman–Crippen MR) is 98.8 cm³/mol. The number of fused-ring (bicyclic) bond motifs is 1. The van der Waals surface area contributed by atoms with Crippen LogP contribution in [0.4, 0.5) is 5.69 Å². The first-order valence-electron chi connectivity index (χ1n) is 9.03. The molecule has 0 aromatic heterocycles. The molecule has 1 atom stereocenters. The maximum Gasteiger partial charge on any atom is 0.119 e. The minimum absolute atomic E-state index is 0.538. The highest BCUT2D eigenvalue weighted by Gasteiger charge is 2.30. The molecular formula is C21H26N2O. The van der Waals surface area contributed by atoms with Gasteiger partial charge in [0, 0.05) is 24.3 Å². The highest BCUT2D eigenvalue weighted by molar-refractivity contribution is 5.47. The van der Waals surface area contributed by atoms with Gasteiger partial charge in [-0.2, -0.15) is 0 Å². The summed E-state index contributed by atoms with van der Waals surface area (Å²) in [6.45, 7) is 2.38. The molecule has 1 heterocycles. The number of rotatable bonds is 4. The average molecular weight is 322 g/mol. The van der Waals surface area contributed by atoms with Crippen LogP contribution in [0.25, 0.3) is 0 Å². The quantitative estimate of drug-likeness (QED) is 0.928. The van der Waals surface area contributed by atoms with Crippen molar-refractivity contribution in [2.24, 2.45) is 0 Å². The molecule has 1 aliphatic carbocycles. The first-order chi connectivity index (χ1) is 11.8. The average Bonchev–Trinajstić information content (AvgIpc) is 3.07. The van der Waals surface area contributed by atoms with E-state index in [1.807, 2.05) is 12.1 Å². The largest absolute Gasteiger partial charge is 0.497 e. The number of piperidine rings is 1. The van der Waals surface area contributed by atoms with Gasteiger partial charge in [-0.1, -0.05) is 24.3 Å². The summed E-state index contributed by atoms with van der Waals surface area (Å²) in [7, 11) is 1.71. The number of nitrogens with zero attached hydrogens (tertiary/aromatic N) is 1. The van der Waals surface area contributed by atoms with E-state index >= 15 is 0 Å². The number of benzene rings is 2. The Labute approximate surface area is 144 Å². The number of ether oxygens (including phenoxy) is 1. The molecular weight excluding hydrogens is 296 g/mol. The number of hydrogen-bond donors (Lipinski definition) is 1. The molecule has 1 saturated heterocycles. The molecule has 0 radical (unpaired) electrons. The van der Waals surface area contributed by atoms with E-state index in [9.17, 15) is 0 Å². The Hall–Kier alpha value is -2.00. The molecule has 1 N–H and O–H groups in total. The molecule has 0 saturated carbocycles. The fourth-order valence-corrected chi connectivity index (χ4v) is 4.17. The Morgan fingerprint density at radius 3 is 2.38 bits per heavy atom. The summed E-state index contributed by atoms with van der Waals surface area (Å²) < 4.78 is 5.24. The SMILES string of the molecule is COc1ccc(N[C@H]2CCCN(C3Cc4ccccc4C3)C2)cc1. The van der Waals surface area contributed by atoms with Gasteiger partial charge in [0.1, 0.15) is 5.75 Å². The second-order valence-corrected chi connectivity index (χ2v) is 7.04. The van der Waals surface area contributed by atoms with Crippen LogP contribution < -0.4 is 10.1 Å². The van der Waals surface area contributed by atoms with E-state index in [4.69, 9.17) is 4.74 Å². The molecule has 0 amide bonds. The van der Waals surface area contributed by atoms with Crippen LogP contribution in [0.15, 0.2) is 48.5 Å². The van der Waals surface area contributed by atoms with Gasteiger partial charge in [0.25, 0.3) is 0 Å². The summed E-state index contributed by atoms with van der Waals surface area (Å²) in [6, 6.07) is 18.4. The smallest absolute Gasteiger partial charge is 0.119 e. The molecule has 3 nitrogen and oxygen atoms in total. The summed E-state index contributed by atoms with van der Waals surface area (Å²) in [5.41, 5.74) is 4.29. The van der Waals surface area contributed by atoms with Crippen LogP contribution in [0.2, 0.25) is 0 Å². The van der Waals surface area contributed by atoms with Crippen molar-refractivity contribution in [3.63, 3.8) is 0 Å². The van der Waals surface area contributed by atoms with Gasteiger partial charge in [-0.05, 0) is 67.6 Å². The van der Waals surface area contributed by atoms with Gasteiger partial charge < -0.3 is 10.1 Å². The Balaban J connectivity index is 1.37. The molecule has 2 aliphatic rings. The van der Waals surface area contributed by atoms with Crippen molar-refractivity contribution < 1.29 is 4.74 Å². The zero-order valence-electron chi connectivity index (χ0n) is 14.4. The number of nitrogens with one attached hydrogen (secondary N) is 1. The summed E-state index contributed by atoms with van der Waals surface area (Å²) >= 11 is 0. The number of anilines is 1. The van der Waals surface area contributed by atoms with Gasteiger partial charge >= 0.3 is 0 Å². The molecule has 0 unspecified atom stereocenters. The highest BCUT2D eigenvalue weighted by atomic mass is 16.5. The van der Waals surface area contributed by atoms with Crippen LogP contribution in [-0.4, -0.2) is 37.2 Å². The third-order valence-corrected chi connectivity index (χ3v) is 5.46. The lowest BCUT2D eigenvalue weighted by atomic mass is 10.0. The molecule has 24 heavy (non-hydrogen) atoms. The third-order valence-electron chi connectivity index (χ3n) is 5.46. The Morgan fingerprint density at radius 1 is 1.00 bits per heavy atom. The van der Waals surface area contributed by atoms with Crippen molar-refractivity contribution in [2.45, 2.75) is 37.8 Å².